The first-order chi connectivity index (χ1) is 15.5. The summed E-state index contributed by atoms with van der Waals surface area (Å²) in [5.41, 5.74) is 3.24. The molecule has 0 saturated carbocycles. The van der Waals surface area contributed by atoms with Gasteiger partial charge in [0.15, 0.2) is 0 Å². The number of benzene rings is 2. The van der Waals surface area contributed by atoms with Crippen LogP contribution in [0.15, 0.2) is 48.5 Å². The second-order valence-corrected chi connectivity index (χ2v) is 7.84. The molecule has 1 fully saturated rings. The molecule has 2 aromatic rings. The number of aryl methyl sites for hydroxylation is 1. The fraction of sp³-hybridized carbons (Fsp3) is 0.375. The van der Waals surface area contributed by atoms with Crippen molar-refractivity contribution in [3.8, 4) is 0 Å². The Morgan fingerprint density at radius 1 is 0.906 bits per heavy atom. The Hall–Kier alpha value is -3.39. The lowest BCUT2D eigenvalue weighted by atomic mass is 10.1. The van der Waals surface area contributed by atoms with Crippen molar-refractivity contribution in [2.24, 2.45) is 0 Å². The molecule has 0 atom stereocenters. The molecule has 1 heterocycles. The Balaban J connectivity index is 1.37. The maximum Gasteiger partial charge on any atom is 0.337 e. The lowest BCUT2D eigenvalue weighted by Crippen LogP contribution is -2.44. The highest BCUT2D eigenvalue weighted by molar-refractivity contribution is 6.39. The number of likely N-dealkylation sites (N-methyl/N-ethyl adjacent to an activating group) is 1. The third kappa shape index (κ3) is 6.55. The molecule has 1 aliphatic heterocycles. The van der Waals surface area contributed by atoms with Gasteiger partial charge in [0, 0.05) is 44.1 Å². The van der Waals surface area contributed by atoms with Gasteiger partial charge in [-0.25, -0.2) is 4.79 Å². The molecule has 0 bridgehead atoms. The molecule has 2 aromatic carbocycles. The number of carbonyl (C=O) groups excluding carboxylic acids is 3. The number of hydrogen-bond donors (Lipinski definition) is 2. The van der Waals surface area contributed by atoms with Crippen LogP contribution in [0.2, 0.25) is 0 Å². The van der Waals surface area contributed by atoms with E-state index in [1.807, 2.05) is 0 Å². The van der Waals surface area contributed by atoms with Gasteiger partial charge in [-0.2, -0.15) is 0 Å². The number of amides is 2. The predicted octanol–water partition coefficient (Wildman–Crippen LogP) is 1.91. The Bertz CT molecular complexity index is 920. The summed E-state index contributed by atoms with van der Waals surface area (Å²) in [6.45, 7) is 4.65. The average molecular weight is 439 g/mol. The SMILES string of the molecule is COC(=O)c1ccc(NC(=O)C(=O)NCCCc2ccc(N3CCN(C)CC3)cc2)cc1. The number of piperazine rings is 1. The average Bonchev–Trinajstić information content (AvgIpc) is 2.82. The molecule has 0 aliphatic carbocycles. The zero-order valence-corrected chi connectivity index (χ0v) is 18.6. The third-order valence-corrected chi connectivity index (χ3v) is 5.50. The quantitative estimate of drug-likeness (QED) is 0.390. The number of carbonyl (C=O) groups is 3. The van der Waals surface area contributed by atoms with Crippen LogP contribution in [0.3, 0.4) is 0 Å². The number of ether oxygens (including phenoxy) is 1. The topological polar surface area (TPSA) is 91.0 Å². The number of nitrogens with zero attached hydrogens (tertiary/aromatic N) is 2. The highest BCUT2D eigenvalue weighted by Gasteiger charge is 2.15. The number of anilines is 2. The van der Waals surface area contributed by atoms with Crippen LogP contribution in [-0.4, -0.2) is 69.6 Å². The third-order valence-electron chi connectivity index (χ3n) is 5.50. The van der Waals surface area contributed by atoms with E-state index in [1.54, 1.807) is 12.1 Å². The van der Waals surface area contributed by atoms with E-state index >= 15 is 0 Å². The molecule has 1 saturated heterocycles. The van der Waals surface area contributed by atoms with Crippen LogP contribution >= 0.6 is 0 Å². The van der Waals surface area contributed by atoms with Crippen molar-refractivity contribution in [1.82, 2.24) is 10.2 Å². The van der Waals surface area contributed by atoms with Crippen LogP contribution in [0.4, 0.5) is 11.4 Å². The Morgan fingerprint density at radius 3 is 2.19 bits per heavy atom. The molecule has 8 heteroatoms. The summed E-state index contributed by atoms with van der Waals surface area (Å²) >= 11 is 0. The second kappa shape index (κ2) is 11.3. The number of hydrogen-bond acceptors (Lipinski definition) is 6. The summed E-state index contributed by atoms with van der Waals surface area (Å²) in [4.78, 5) is 40.2. The van der Waals surface area contributed by atoms with Crippen molar-refractivity contribution in [3.63, 3.8) is 0 Å². The maximum absolute atomic E-state index is 12.0. The van der Waals surface area contributed by atoms with Gasteiger partial charge in [-0.15, -0.1) is 0 Å². The second-order valence-electron chi connectivity index (χ2n) is 7.84. The highest BCUT2D eigenvalue weighted by Crippen LogP contribution is 2.17. The maximum atomic E-state index is 12.0. The van der Waals surface area contributed by atoms with Gasteiger partial charge in [0.25, 0.3) is 0 Å². The molecule has 2 N–H and O–H groups in total. The van der Waals surface area contributed by atoms with Crippen molar-refractivity contribution in [2.75, 3.05) is 57.1 Å². The molecule has 8 nitrogen and oxygen atoms in total. The van der Waals surface area contributed by atoms with Crippen molar-refractivity contribution < 1.29 is 19.1 Å². The van der Waals surface area contributed by atoms with Crippen molar-refractivity contribution in [1.29, 1.82) is 0 Å². The highest BCUT2D eigenvalue weighted by atomic mass is 16.5. The largest absolute Gasteiger partial charge is 0.465 e. The van der Waals surface area contributed by atoms with Gasteiger partial charge in [0.2, 0.25) is 0 Å². The van der Waals surface area contributed by atoms with E-state index in [0.29, 0.717) is 17.8 Å². The summed E-state index contributed by atoms with van der Waals surface area (Å²) < 4.78 is 4.63. The smallest absolute Gasteiger partial charge is 0.337 e. The summed E-state index contributed by atoms with van der Waals surface area (Å²) in [5.74, 6) is -1.89. The Morgan fingerprint density at radius 2 is 1.56 bits per heavy atom. The van der Waals surface area contributed by atoms with E-state index in [9.17, 15) is 14.4 Å². The number of esters is 1. The van der Waals surface area contributed by atoms with Gasteiger partial charge >= 0.3 is 17.8 Å². The first-order valence-corrected chi connectivity index (χ1v) is 10.8. The first kappa shape index (κ1) is 23.3. The lowest BCUT2D eigenvalue weighted by molar-refractivity contribution is -0.136. The van der Waals surface area contributed by atoms with Crippen LogP contribution in [0.1, 0.15) is 22.3 Å². The molecule has 0 spiro atoms. The van der Waals surface area contributed by atoms with Crippen molar-refractivity contribution in [3.05, 3.63) is 59.7 Å². The molecular weight excluding hydrogens is 408 g/mol. The summed E-state index contributed by atoms with van der Waals surface area (Å²) in [6.07, 6.45) is 1.56. The fourth-order valence-corrected chi connectivity index (χ4v) is 3.51. The van der Waals surface area contributed by atoms with E-state index in [4.69, 9.17) is 0 Å². The van der Waals surface area contributed by atoms with Crippen molar-refractivity contribution in [2.45, 2.75) is 12.8 Å². The minimum Gasteiger partial charge on any atom is -0.465 e. The van der Waals surface area contributed by atoms with E-state index in [1.165, 1.54) is 30.5 Å². The predicted molar refractivity (Wildman–Crippen MR) is 124 cm³/mol. The van der Waals surface area contributed by atoms with E-state index in [0.717, 1.165) is 39.0 Å². The molecule has 3 rings (SSSR count). The fourth-order valence-electron chi connectivity index (χ4n) is 3.51. The molecule has 0 aromatic heterocycles. The molecule has 32 heavy (non-hydrogen) atoms. The Kier molecular flexibility index (Phi) is 8.21. The standard InChI is InChI=1S/C24H30N4O4/c1-27-14-16-28(17-15-27)21-11-5-18(6-12-21)4-3-13-25-22(29)23(30)26-20-9-7-19(8-10-20)24(31)32-2/h5-12H,3-4,13-17H2,1-2H3,(H,25,29)(H,26,30). The van der Waals surface area contributed by atoms with Gasteiger partial charge < -0.3 is 25.2 Å². The molecule has 0 unspecified atom stereocenters. The van der Waals surface area contributed by atoms with Gasteiger partial charge in [-0.3, -0.25) is 9.59 Å². The number of rotatable bonds is 7. The van der Waals surface area contributed by atoms with Crippen LogP contribution < -0.4 is 15.5 Å². The number of nitrogens with one attached hydrogen (secondary N) is 2. The lowest BCUT2D eigenvalue weighted by Gasteiger charge is -2.34. The summed E-state index contributed by atoms with van der Waals surface area (Å²) in [5, 5.41) is 5.15. The van der Waals surface area contributed by atoms with Crippen LogP contribution in [0, 0.1) is 0 Å². The normalized spacial score (nSPS) is 14.0. The Labute approximate surface area is 188 Å². The van der Waals surface area contributed by atoms with E-state index < -0.39 is 17.8 Å². The van der Waals surface area contributed by atoms with E-state index in [2.05, 4.69) is 56.5 Å². The van der Waals surface area contributed by atoms with E-state index in [-0.39, 0.29) is 0 Å². The van der Waals surface area contributed by atoms with Gasteiger partial charge in [0.05, 0.1) is 12.7 Å². The molecule has 0 radical (unpaired) electrons. The molecule has 2 amide bonds. The molecule has 170 valence electrons. The zero-order chi connectivity index (χ0) is 22.9. The van der Waals surface area contributed by atoms with Gasteiger partial charge in [-0.1, -0.05) is 12.1 Å². The minimum absolute atomic E-state index is 0.367. The van der Waals surface area contributed by atoms with Gasteiger partial charge in [0.1, 0.15) is 0 Å². The van der Waals surface area contributed by atoms with Crippen LogP contribution in [-0.2, 0) is 20.7 Å². The summed E-state index contributed by atoms with van der Waals surface area (Å²) in [7, 11) is 3.44. The van der Waals surface area contributed by atoms with Crippen molar-refractivity contribution >= 4 is 29.2 Å². The van der Waals surface area contributed by atoms with Crippen LogP contribution in [0.25, 0.3) is 0 Å². The van der Waals surface area contributed by atoms with Gasteiger partial charge in [-0.05, 0) is 61.9 Å². The summed E-state index contributed by atoms with van der Waals surface area (Å²) in [6, 6.07) is 14.7. The number of methoxy groups -OCH3 is 1. The molecular formula is C24H30N4O4. The minimum atomic E-state index is -0.743. The first-order valence-electron chi connectivity index (χ1n) is 10.8. The monoisotopic (exact) mass is 438 g/mol. The zero-order valence-electron chi connectivity index (χ0n) is 18.6. The van der Waals surface area contributed by atoms with Crippen LogP contribution in [0.5, 0.6) is 0 Å². The molecule has 1 aliphatic rings.